The molecule has 0 radical (unpaired) electrons. The van der Waals surface area contributed by atoms with Crippen molar-refractivity contribution in [3.63, 3.8) is 0 Å². The Hall–Kier alpha value is -3.29. The van der Waals surface area contributed by atoms with Crippen LogP contribution in [-0.4, -0.2) is 27.7 Å². The van der Waals surface area contributed by atoms with E-state index < -0.39 is 5.82 Å². The van der Waals surface area contributed by atoms with Gasteiger partial charge in [0.1, 0.15) is 30.3 Å². The van der Waals surface area contributed by atoms with Crippen molar-refractivity contribution >= 4 is 16.9 Å². The number of nitrogens with two attached hydrogens (primary N) is 1. The van der Waals surface area contributed by atoms with E-state index in [-0.39, 0.29) is 31.3 Å². The van der Waals surface area contributed by atoms with Crippen molar-refractivity contribution in [1.29, 1.82) is 0 Å². The molecule has 4 bridgehead atoms. The molecule has 2 aromatic heterocycles. The maximum atomic E-state index is 13.9. The number of anilines is 1. The van der Waals surface area contributed by atoms with Gasteiger partial charge in [-0.15, -0.1) is 0 Å². The van der Waals surface area contributed by atoms with E-state index in [1.165, 1.54) is 16.7 Å². The van der Waals surface area contributed by atoms with Crippen molar-refractivity contribution in [1.82, 2.24) is 14.5 Å². The minimum absolute atomic E-state index is 0.158. The van der Waals surface area contributed by atoms with Gasteiger partial charge in [-0.05, 0) is 29.8 Å². The van der Waals surface area contributed by atoms with Crippen LogP contribution in [-0.2, 0) is 6.54 Å². The Morgan fingerprint density at radius 3 is 2.80 bits per heavy atom. The molecule has 128 valence electrons. The zero-order valence-electron chi connectivity index (χ0n) is 13.2. The van der Waals surface area contributed by atoms with E-state index in [1.54, 1.807) is 24.3 Å². The molecule has 0 saturated heterocycles. The monoisotopic (exact) mass is 342 g/mol. The lowest BCUT2D eigenvalue weighted by Gasteiger charge is -2.10. The Kier molecular flexibility index (Phi) is 3.64. The Bertz CT molecular complexity index is 1040. The number of hydrogen-bond donors (Lipinski definition) is 2. The highest BCUT2D eigenvalue weighted by Gasteiger charge is 2.14. The zero-order valence-corrected chi connectivity index (χ0v) is 13.2. The Balaban J connectivity index is 1.91. The van der Waals surface area contributed by atoms with Crippen molar-refractivity contribution in [2.75, 3.05) is 18.9 Å². The number of nitrogens with zero attached hydrogens (tertiary/aromatic N) is 2. The first-order valence-electron chi connectivity index (χ1n) is 7.69. The molecule has 0 fully saturated rings. The molecule has 0 aliphatic carbocycles. The number of aromatic amines is 1. The number of ether oxygens (including phenoxy) is 2. The van der Waals surface area contributed by atoms with Crippen molar-refractivity contribution in [2.45, 2.75) is 6.54 Å². The van der Waals surface area contributed by atoms with Crippen LogP contribution < -0.4 is 20.9 Å². The minimum atomic E-state index is -0.429. The summed E-state index contributed by atoms with van der Waals surface area (Å²) in [5.74, 6) is 0.442. The van der Waals surface area contributed by atoms with Crippen molar-refractivity contribution in [2.24, 2.45) is 0 Å². The third-order valence-corrected chi connectivity index (χ3v) is 3.88. The third kappa shape index (κ3) is 2.93. The fourth-order valence-electron chi connectivity index (χ4n) is 2.77. The SMILES string of the molecule is Nc1nc2cc3c1[nH]c(=O)n3Cc1cc(F)cc(c1)OCC=CCO2. The van der Waals surface area contributed by atoms with Crippen LogP contribution in [0.2, 0.25) is 0 Å². The van der Waals surface area contributed by atoms with E-state index in [1.807, 2.05) is 0 Å². The molecular formula is C17H15FN4O3. The van der Waals surface area contributed by atoms with Gasteiger partial charge in [0.05, 0.1) is 12.1 Å². The molecular weight excluding hydrogens is 327 g/mol. The number of H-pyrrole nitrogens is 1. The van der Waals surface area contributed by atoms with Crippen LogP contribution in [0.15, 0.2) is 41.2 Å². The third-order valence-electron chi connectivity index (χ3n) is 3.88. The summed E-state index contributed by atoms with van der Waals surface area (Å²) in [6, 6.07) is 6.01. The van der Waals surface area contributed by atoms with E-state index >= 15 is 0 Å². The second-order valence-electron chi connectivity index (χ2n) is 5.64. The molecule has 1 aliphatic heterocycles. The maximum absolute atomic E-state index is 13.9. The molecule has 8 heteroatoms. The molecule has 1 aromatic carbocycles. The molecule has 7 nitrogen and oxygen atoms in total. The molecule has 3 N–H and O–H groups in total. The first-order valence-corrected chi connectivity index (χ1v) is 7.69. The molecule has 0 saturated carbocycles. The van der Waals surface area contributed by atoms with Gasteiger partial charge >= 0.3 is 5.69 Å². The summed E-state index contributed by atoms with van der Waals surface area (Å²) < 4.78 is 26.4. The van der Waals surface area contributed by atoms with Crippen LogP contribution in [0.1, 0.15) is 5.56 Å². The second kappa shape index (κ2) is 5.97. The van der Waals surface area contributed by atoms with Crippen LogP contribution in [0.25, 0.3) is 11.0 Å². The molecule has 25 heavy (non-hydrogen) atoms. The summed E-state index contributed by atoms with van der Waals surface area (Å²) in [6.45, 7) is 0.701. The topological polar surface area (TPSA) is 95.2 Å². The molecule has 0 unspecified atom stereocenters. The van der Waals surface area contributed by atoms with Gasteiger partial charge in [-0.2, -0.15) is 4.98 Å². The average Bonchev–Trinajstić information content (AvgIpc) is 2.87. The lowest BCUT2D eigenvalue weighted by atomic mass is 10.2. The molecule has 4 rings (SSSR count). The van der Waals surface area contributed by atoms with E-state index in [4.69, 9.17) is 15.2 Å². The fraction of sp³-hybridized carbons (Fsp3) is 0.176. The number of fused-ring (bicyclic) bond motifs is 3. The highest BCUT2D eigenvalue weighted by molar-refractivity contribution is 5.85. The van der Waals surface area contributed by atoms with Crippen molar-refractivity contribution in [3.8, 4) is 11.6 Å². The lowest BCUT2D eigenvalue weighted by Crippen LogP contribution is -2.17. The van der Waals surface area contributed by atoms with Crippen LogP contribution in [0, 0.1) is 5.82 Å². The second-order valence-corrected chi connectivity index (χ2v) is 5.64. The number of rotatable bonds is 0. The fourth-order valence-corrected chi connectivity index (χ4v) is 2.77. The van der Waals surface area contributed by atoms with Gasteiger partial charge in [-0.3, -0.25) is 4.57 Å². The van der Waals surface area contributed by atoms with Gasteiger partial charge in [0.2, 0.25) is 5.88 Å². The highest BCUT2D eigenvalue weighted by atomic mass is 19.1. The summed E-state index contributed by atoms with van der Waals surface area (Å²) in [4.78, 5) is 19.1. The van der Waals surface area contributed by atoms with Crippen molar-refractivity contribution in [3.05, 3.63) is 58.3 Å². The Morgan fingerprint density at radius 1 is 1.16 bits per heavy atom. The zero-order chi connectivity index (χ0) is 17.4. The van der Waals surface area contributed by atoms with E-state index in [0.29, 0.717) is 28.2 Å². The first kappa shape index (κ1) is 15.3. The van der Waals surface area contributed by atoms with Gasteiger partial charge in [0.25, 0.3) is 0 Å². The number of pyridine rings is 1. The van der Waals surface area contributed by atoms with Crippen molar-refractivity contribution < 1.29 is 13.9 Å². The highest BCUT2D eigenvalue weighted by Crippen LogP contribution is 2.23. The summed E-state index contributed by atoms with van der Waals surface area (Å²) >= 11 is 0. The summed E-state index contributed by atoms with van der Waals surface area (Å²) in [6.07, 6.45) is 3.53. The molecule has 3 aromatic rings. The van der Waals surface area contributed by atoms with Gasteiger partial charge in [0.15, 0.2) is 5.82 Å². The van der Waals surface area contributed by atoms with E-state index in [9.17, 15) is 9.18 Å². The maximum Gasteiger partial charge on any atom is 0.326 e. The number of benzene rings is 1. The summed E-state index contributed by atoms with van der Waals surface area (Å²) in [5.41, 5.74) is 7.12. The van der Waals surface area contributed by atoms with E-state index in [0.717, 1.165) is 0 Å². The minimum Gasteiger partial charge on any atom is -0.489 e. The van der Waals surface area contributed by atoms with Crippen LogP contribution >= 0.6 is 0 Å². The molecule has 0 spiro atoms. The number of aromatic nitrogens is 3. The summed E-state index contributed by atoms with van der Waals surface area (Å²) in [7, 11) is 0. The van der Waals surface area contributed by atoms with Gasteiger partial charge < -0.3 is 20.2 Å². The normalized spacial score (nSPS) is 14.1. The van der Waals surface area contributed by atoms with E-state index in [2.05, 4.69) is 9.97 Å². The predicted octanol–water partition coefficient (Wildman–Crippen LogP) is 1.82. The average molecular weight is 342 g/mol. The number of nitrogens with one attached hydrogen (secondary N) is 1. The summed E-state index contributed by atoms with van der Waals surface area (Å²) in [5, 5.41) is 0. The standard InChI is InChI=1S/C17H15FN4O3/c18-11-5-10-6-12(7-11)24-3-1-2-4-25-14-8-13-15(16(19)20-14)21-17(23)22(13)9-10/h1-2,5-8H,3-4,9H2,(H2,19,20)(H,21,23). The lowest BCUT2D eigenvalue weighted by molar-refractivity contribution is 0.341. The molecule has 0 amide bonds. The largest absolute Gasteiger partial charge is 0.489 e. The van der Waals surface area contributed by atoms with Crippen LogP contribution in [0.4, 0.5) is 10.2 Å². The number of imidazole rings is 1. The number of nitrogen functional groups attached to an aromatic ring is 1. The predicted molar refractivity (Wildman–Crippen MR) is 90.4 cm³/mol. The Labute approximate surface area is 141 Å². The molecule has 0 atom stereocenters. The smallest absolute Gasteiger partial charge is 0.326 e. The number of hydrogen-bond acceptors (Lipinski definition) is 5. The van der Waals surface area contributed by atoms with Gasteiger partial charge in [-0.25, -0.2) is 9.18 Å². The quantitative estimate of drug-likeness (QED) is 0.608. The Morgan fingerprint density at radius 2 is 1.96 bits per heavy atom. The molecule has 1 aliphatic rings. The number of halogens is 1. The molecule has 3 heterocycles. The van der Waals surface area contributed by atoms with Crippen LogP contribution in [0.3, 0.4) is 0 Å². The van der Waals surface area contributed by atoms with Crippen LogP contribution in [0.5, 0.6) is 11.6 Å². The first-order chi connectivity index (χ1) is 12.1. The van der Waals surface area contributed by atoms with Gasteiger partial charge in [-0.1, -0.05) is 0 Å². The van der Waals surface area contributed by atoms with Gasteiger partial charge in [0, 0.05) is 12.1 Å².